The fourth-order valence-corrected chi connectivity index (χ4v) is 3.64. The van der Waals surface area contributed by atoms with Crippen molar-refractivity contribution < 1.29 is 19.1 Å². The summed E-state index contributed by atoms with van der Waals surface area (Å²) in [7, 11) is 0. The second-order valence-corrected chi connectivity index (χ2v) is 7.48. The minimum atomic E-state index is -0.584. The minimum absolute atomic E-state index is 0.0294. The van der Waals surface area contributed by atoms with Crippen molar-refractivity contribution in [3.63, 3.8) is 0 Å². The Kier molecular flexibility index (Phi) is 6.43. The number of hydrogen-bond donors (Lipinski definition) is 0. The highest BCUT2D eigenvalue weighted by molar-refractivity contribution is 8.13. The number of carbonyl (C=O) groups is 3. The molecule has 1 aromatic rings. The summed E-state index contributed by atoms with van der Waals surface area (Å²) in [6.45, 7) is 5.55. The molecule has 1 fully saturated rings. The lowest BCUT2D eigenvalue weighted by Crippen LogP contribution is -2.45. The molecule has 1 saturated heterocycles. The minimum Gasteiger partial charge on any atom is -0.447 e. The molecule has 6 heteroatoms. The summed E-state index contributed by atoms with van der Waals surface area (Å²) in [5.74, 6) is -0.214. The molecule has 0 bridgehead atoms. The van der Waals surface area contributed by atoms with E-state index in [2.05, 4.69) is 0 Å². The fourth-order valence-electron chi connectivity index (χ4n) is 2.70. The molecule has 0 radical (unpaired) electrons. The van der Waals surface area contributed by atoms with Gasteiger partial charge in [0.05, 0.1) is 12.0 Å². The van der Waals surface area contributed by atoms with E-state index in [1.807, 2.05) is 44.2 Å². The van der Waals surface area contributed by atoms with Gasteiger partial charge >= 0.3 is 6.09 Å². The first kappa shape index (κ1) is 18.5. The Morgan fingerprint density at radius 2 is 1.96 bits per heavy atom. The van der Waals surface area contributed by atoms with Crippen LogP contribution in [0.15, 0.2) is 30.3 Å². The fraction of sp³-hybridized carbons (Fsp3) is 0.500. The average molecular weight is 349 g/mol. The van der Waals surface area contributed by atoms with Crippen LogP contribution in [0.2, 0.25) is 0 Å². The number of carbonyl (C=O) groups excluding carboxylic acids is 3. The van der Waals surface area contributed by atoms with E-state index < -0.39 is 6.09 Å². The normalized spacial score (nSPS) is 18.6. The molecular weight excluding hydrogens is 326 g/mol. The van der Waals surface area contributed by atoms with E-state index in [9.17, 15) is 14.4 Å². The first-order valence-corrected chi connectivity index (χ1v) is 9.05. The topological polar surface area (TPSA) is 63.7 Å². The van der Waals surface area contributed by atoms with Crippen LogP contribution < -0.4 is 0 Å². The Balaban J connectivity index is 2.13. The molecule has 1 aromatic carbocycles. The molecule has 1 heterocycles. The smallest absolute Gasteiger partial charge is 0.416 e. The monoisotopic (exact) mass is 349 g/mol. The highest BCUT2D eigenvalue weighted by Gasteiger charge is 2.41. The Morgan fingerprint density at radius 1 is 1.29 bits per heavy atom. The number of amides is 2. The molecule has 0 saturated carbocycles. The van der Waals surface area contributed by atoms with Crippen molar-refractivity contribution in [2.24, 2.45) is 11.8 Å². The van der Waals surface area contributed by atoms with Gasteiger partial charge in [0.1, 0.15) is 6.61 Å². The highest BCUT2D eigenvalue weighted by Crippen LogP contribution is 2.25. The Bertz CT molecular complexity index is 602. The number of ether oxygens (including phenoxy) is 1. The standard InChI is InChI=1S/C18H23NO4S/c1-12(2)16(11-24-13(3)20)17(21)19-15(10-23-18(19)22)9-14-7-5-4-6-8-14/h4-8,12,15-16H,9-11H2,1-3H3. The van der Waals surface area contributed by atoms with Crippen LogP contribution in [-0.2, 0) is 20.7 Å². The van der Waals surface area contributed by atoms with E-state index >= 15 is 0 Å². The first-order valence-electron chi connectivity index (χ1n) is 8.07. The number of thioether (sulfide) groups is 1. The molecule has 0 spiro atoms. The quantitative estimate of drug-likeness (QED) is 0.789. The van der Waals surface area contributed by atoms with Crippen LogP contribution >= 0.6 is 11.8 Å². The van der Waals surface area contributed by atoms with Gasteiger partial charge in [0.2, 0.25) is 5.91 Å². The highest BCUT2D eigenvalue weighted by atomic mass is 32.2. The van der Waals surface area contributed by atoms with Crippen molar-refractivity contribution in [2.45, 2.75) is 33.2 Å². The Morgan fingerprint density at radius 3 is 2.54 bits per heavy atom. The maximum atomic E-state index is 12.9. The predicted octanol–water partition coefficient (Wildman–Crippen LogP) is 3.13. The number of imide groups is 1. The lowest BCUT2D eigenvalue weighted by Gasteiger charge is -2.26. The molecular formula is C18H23NO4S. The molecule has 1 aliphatic rings. The third kappa shape index (κ3) is 4.60. The van der Waals surface area contributed by atoms with Gasteiger partial charge in [-0.3, -0.25) is 9.59 Å². The van der Waals surface area contributed by atoms with E-state index in [4.69, 9.17) is 4.74 Å². The molecule has 0 aliphatic carbocycles. The number of cyclic esters (lactones) is 1. The summed E-state index contributed by atoms with van der Waals surface area (Å²) in [5.41, 5.74) is 1.05. The predicted molar refractivity (Wildman–Crippen MR) is 93.6 cm³/mol. The maximum Gasteiger partial charge on any atom is 0.416 e. The van der Waals surface area contributed by atoms with Crippen molar-refractivity contribution >= 4 is 28.9 Å². The van der Waals surface area contributed by atoms with E-state index in [0.717, 1.165) is 17.3 Å². The number of benzene rings is 1. The van der Waals surface area contributed by atoms with E-state index in [1.165, 1.54) is 11.8 Å². The first-order chi connectivity index (χ1) is 11.4. The molecule has 2 atom stereocenters. The van der Waals surface area contributed by atoms with Gasteiger partial charge in [-0.2, -0.15) is 0 Å². The van der Waals surface area contributed by atoms with Gasteiger partial charge in [-0.05, 0) is 17.9 Å². The van der Waals surface area contributed by atoms with Crippen molar-refractivity contribution in [2.75, 3.05) is 12.4 Å². The molecule has 2 unspecified atom stereocenters. The summed E-state index contributed by atoms with van der Waals surface area (Å²) in [6, 6.07) is 9.43. The van der Waals surface area contributed by atoms with Crippen molar-refractivity contribution in [3.05, 3.63) is 35.9 Å². The van der Waals surface area contributed by atoms with Gasteiger partial charge in [-0.1, -0.05) is 55.9 Å². The zero-order chi connectivity index (χ0) is 17.7. The molecule has 0 N–H and O–H groups in total. The van der Waals surface area contributed by atoms with Crippen LogP contribution in [0.25, 0.3) is 0 Å². The SMILES string of the molecule is CC(=O)SCC(C(=O)N1C(=O)OCC1Cc1ccccc1)C(C)C. The summed E-state index contributed by atoms with van der Waals surface area (Å²) < 4.78 is 5.12. The van der Waals surface area contributed by atoms with E-state index in [-0.39, 0.29) is 35.5 Å². The molecule has 130 valence electrons. The largest absolute Gasteiger partial charge is 0.447 e. The van der Waals surface area contributed by atoms with Gasteiger partial charge in [0.25, 0.3) is 0 Å². The van der Waals surface area contributed by atoms with Crippen LogP contribution in [0.1, 0.15) is 26.3 Å². The summed E-state index contributed by atoms with van der Waals surface area (Å²) in [5, 5.41) is -0.0294. The van der Waals surface area contributed by atoms with E-state index in [1.54, 1.807) is 0 Å². The Hall–Kier alpha value is -1.82. The lowest BCUT2D eigenvalue weighted by molar-refractivity contribution is -0.133. The number of hydrogen-bond acceptors (Lipinski definition) is 5. The van der Waals surface area contributed by atoms with Crippen LogP contribution in [0.4, 0.5) is 4.79 Å². The second kappa shape index (κ2) is 8.33. The zero-order valence-electron chi connectivity index (χ0n) is 14.2. The Labute approximate surface area is 146 Å². The number of nitrogens with zero attached hydrogens (tertiary/aromatic N) is 1. The van der Waals surface area contributed by atoms with E-state index in [0.29, 0.717) is 12.2 Å². The molecule has 1 aliphatic heterocycles. The van der Waals surface area contributed by atoms with Crippen molar-refractivity contribution in [1.82, 2.24) is 4.90 Å². The molecule has 2 amide bonds. The summed E-state index contributed by atoms with van der Waals surface area (Å²) in [6.07, 6.45) is -0.0115. The molecule has 2 rings (SSSR count). The summed E-state index contributed by atoms with van der Waals surface area (Å²) >= 11 is 1.12. The van der Waals surface area contributed by atoms with Crippen LogP contribution in [0.5, 0.6) is 0 Å². The van der Waals surface area contributed by atoms with Crippen LogP contribution in [-0.4, -0.2) is 40.4 Å². The van der Waals surface area contributed by atoms with Crippen molar-refractivity contribution in [3.8, 4) is 0 Å². The maximum absolute atomic E-state index is 12.9. The second-order valence-electron chi connectivity index (χ2n) is 6.28. The molecule has 5 nitrogen and oxygen atoms in total. The van der Waals surface area contributed by atoms with Gasteiger partial charge < -0.3 is 4.74 Å². The van der Waals surface area contributed by atoms with Gasteiger partial charge in [-0.15, -0.1) is 0 Å². The molecule has 24 heavy (non-hydrogen) atoms. The third-order valence-electron chi connectivity index (χ3n) is 4.10. The van der Waals surface area contributed by atoms with Gasteiger partial charge in [0, 0.05) is 12.7 Å². The summed E-state index contributed by atoms with van der Waals surface area (Å²) in [4.78, 5) is 37.5. The number of rotatable bonds is 6. The van der Waals surface area contributed by atoms with Crippen molar-refractivity contribution in [1.29, 1.82) is 0 Å². The zero-order valence-corrected chi connectivity index (χ0v) is 15.0. The molecule has 0 aromatic heterocycles. The van der Waals surface area contributed by atoms with Crippen LogP contribution in [0.3, 0.4) is 0 Å². The lowest BCUT2D eigenvalue weighted by atomic mass is 9.95. The average Bonchev–Trinajstić information content (AvgIpc) is 2.88. The van der Waals surface area contributed by atoms with Gasteiger partial charge in [0.15, 0.2) is 5.12 Å². The third-order valence-corrected chi connectivity index (χ3v) is 5.03. The van der Waals surface area contributed by atoms with Crippen LogP contribution in [0, 0.1) is 11.8 Å². The van der Waals surface area contributed by atoms with Gasteiger partial charge in [-0.25, -0.2) is 9.69 Å².